The number of hydrogen-bond acceptors (Lipinski definition) is 4. The highest BCUT2D eigenvalue weighted by atomic mass is 35.5. The summed E-state index contributed by atoms with van der Waals surface area (Å²) in [7, 11) is 0. The van der Waals surface area contributed by atoms with Crippen molar-refractivity contribution < 1.29 is 0 Å². The Morgan fingerprint density at radius 3 is 3.07 bits per heavy atom. The summed E-state index contributed by atoms with van der Waals surface area (Å²) in [5, 5.41) is 1.83. The Morgan fingerprint density at radius 1 is 1.60 bits per heavy atom. The number of hydrogen-bond donors (Lipinski definition) is 0. The van der Waals surface area contributed by atoms with Crippen molar-refractivity contribution in [2.24, 2.45) is 0 Å². The number of rotatable bonds is 2. The van der Waals surface area contributed by atoms with Crippen LogP contribution in [0, 0.1) is 6.92 Å². The molecule has 0 unspecified atom stereocenters. The Hall–Kier alpha value is -1.20. The predicted octanol–water partition coefficient (Wildman–Crippen LogP) is 1.71. The molecule has 2 aromatic heterocycles. The summed E-state index contributed by atoms with van der Waals surface area (Å²) < 4.78 is 2.00. The quantitative estimate of drug-likeness (QED) is 0.804. The molecule has 0 spiro atoms. The van der Waals surface area contributed by atoms with E-state index < -0.39 is 0 Å². The average molecular weight is 242 g/mol. The lowest BCUT2D eigenvalue weighted by Crippen LogP contribution is -2.22. The van der Waals surface area contributed by atoms with Crippen molar-refractivity contribution in [1.82, 2.24) is 14.5 Å². The molecule has 0 bridgehead atoms. The van der Waals surface area contributed by atoms with Gasteiger partial charge in [0, 0.05) is 17.8 Å². The van der Waals surface area contributed by atoms with Gasteiger partial charge < -0.3 is 0 Å². The van der Waals surface area contributed by atoms with E-state index in [4.69, 9.17) is 11.6 Å². The first-order valence-corrected chi connectivity index (χ1v) is 5.54. The lowest BCUT2D eigenvalue weighted by molar-refractivity contribution is 0.709. The Labute approximate surface area is 95.2 Å². The molecule has 0 aliphatic heterocycles. The fraction of sp³-hybridized carbons (Fsp3) is 0.222. The Kier molecular flexibility index (Phi) is 2.83. The normalized spacial score (nSPS) is 10.5. The van der Waals surface area contributed by atoms with E-state index in [2.05, 4.69) is 9.97 Å². The minimum atomic E-state index is -0.273. The summed E-state index contributed by atoms with van der Waals surface area (Å²) in [4.78, 5) is 19.2. The first-order valence-electron chi connectivity index (χ1n) is 4.28. The SMILES string of the molecule is Cc1cnc(=O)n(Cc2csc(Cl)n2)c1. The lowest BCUT2D eigenvalue weighted by Gasteiger charge is -2.02. The zero-order valence-corrected chi connectivity index (χ0v) is 9.55. The molecular formula is C9H8ClN3OS. The molecule has 2 heterocycles. The van der Waals surface area contributed by atoms with Crippen LogP contribution in [-0.2, 0) is 6.54 Å². The zero-order valence-electron chi connectivity index (χ0n) is 7.98. The van der Waals surface area contributed by atoms with E-state index in [1.165, 1.54) is 15.9 Å². The van der Waals surface area contributed by atoms with Gasteiger partial charge in [-0.25, -0.2) is 14.8 Å². The first-order chi connectivity index (χ1) is 7.15. The maximum Gasteiger partial charge on any atom is 0.347 e. The van der Waals surface area contributed by atoms with Gasteiger partial charge in [-0.2, -0.15) is 0 Å². The van der Waals surface area contributed by atoms with Crippen LogP contribution in [0.4, 0.5) is 0 Å². The third-order valence-corrected chi connectivity index (χ3v) is 2.87. The molecule has 2 rings (SSSR count). The number of halogens is 1. The Bertz CT molecular complexity index is 534. The third-order valence-electron chi connectivity index (χ3n) is 1.84. The van der Waals surface area contributed by atoms with Crippen molar-refractivity contribution in [3.05, 3.63) is 44.0 Å². The summed E-state index contributed by atoms with van der Waals surface area (Å²) in [6.07, 6.45) is 3.30. The number of nitrogens with zero attached hydrogens (tertiary/aromatic N) is 3. The van der Waals surface area contributed by atoms with E-state index in [0.717, 1.165) is 11.3 Å². The summed E-state index contributed by atoms with van der Waals surface area (Å²) in [6.45, 7) is 2.30. The molecular weight excluding hydrogens is 234 g/mol. The highest BCUT2D eigenvalue weighted by Crippen LogP contribution is 2.15. The molecule has 2 aromatic rings. The monoisotopic (exact) mass is 241 g/mol. The topological polar surface area (TPSA) is 47.8 Å². The van der Waals surface area contributed by atoms with Crippen molar-refractivity contribution in [1.29, 1.82) is 0 Å². The molecule has 0 fully saturated rings. The second-order valence-electron chi connectivity index (χ2n) is 3.13. The minimum absolute atomic E-state index is 0.273. The van der Waals surface area contributed by atoms with Gasteiger partial charge in [0.1, 0.15) is 0 Å². The number of aryl methyl sites for hydroxylation is 1. The van der Waals surface area contributed by atoms with E-state index in [1.54, 1.807) is 12.4 Å². The van der Waals surface area contributed by atoms with Crippen molar-refractivity contribution >= 4 is 22.9 Å². The highest BCUT2D eigenvalue weighted by molar-refractivity contribution is 7.13. The van der Waals surface area contributed by atoms with E-state index in [1.807, 2.05) is 12.3 Å². The molecule has 0 amide bonds. The Balaban J connectivity index is 2.31. The van der Waals surface area contributed by atoms with Crippen LogP contribution in [0.3, 0.4) is 0 Å². The van der Waals surface area contributed by atoms with E-state index in [9.17, 15) is 4.79 Å². The number of aromatic nitrogens is 3. The van der Waals surface area contributed by atoms with Crippen LogP contribution >= 0.6 is 22.9 Å². The van der Waals surface area contributed by atoms with Crippen LogP contribution in [-0.4, -0.2) is 14.5 Å². The van der Waals surface area contributed by atoms with Crippen molar-refractivity contribution in [3.8, 4) is 0 Å². The van der Waals surface area contributed by atoms with Gasteiger partial charge in [0.05, 0.1) is 12.2 Å². The smallest absolute Gasteiger partial charge is 0.293 e. The molecule has 0 radical (unpaired) electrons. The van der Waals surface area contributed by atoms with Crippen LogP contribution in [0.2, 0.25) is 4.47 Å². The van der Waals surface area contributed by atoms with Gasteiger partial charge in [-0.15, -0.1) is 11.3 Å². The molecule has 0 aliphatic rings. The average Bonchev–Trinajstić information content (AvgIpc) is 2.58. The summed E-state index contributed by atoms with van der Waals surface area (Å²) in [5.74, 6) is 0. The van der Waals surface area contributed by atoms with Crippen molar-refractivity contribution in [2.75, 3.05) is 0 Å². The molecule has 4 nitrogen and oxygen atoms in total. The Morgan fingerprint density at radius 2 is 2.40 bits per heavy atom. The molecule has 6 heteroatoms. The minimum Gasteiger partial charge on any atom is -0.293 e. The second kappa shape index (κ2) is 4.12. The van der Waals surface area contributed by atoms with Gasteiger partial charge in [-0.3, -0.25) is 4.57 Å². The van der Waals surface area contributed by atoms with Gasteiger partial charge in [-0.05, 0) is 12.5 Å². The van der Waals surface area contributed by atoms with Crippen LogP contribution in [0.15, 0.2) is 22.6 Å². The van der Waals surface area contributed by atoms with Gasteiger partial charge in [0.25, 0.3) is 0 Å². The standard InChI is InChI=1S/C9H8ClN3OS/c1-6-2-11-9(14)13(3-6)4-7-5-15-8(10)12-7/h2-3,5H,4H2,1H3. The fourth-order valence-corrected chi connectivity index (χ4v) is 1.98. The van der Waals surface area contributed by atoms with Crippen molar-refractivity contribution in [3.63, 3.8) is 0 Å². The lowest BCUT2D eigenvalue weighted by atomic mass is 10.4. The molecule has 0 N–H and O–H groups in total. The molecule has 0 saturated heterocycles. The van der Waals surface area contributed by atoms with Gasteiger partial charge in [-0.1, -0.05) is 11.6 Å². The predicted molar refractivity (Wildman–Crippen MR) is 59.5 cm³/mol. The van der Waals surface area contributed by atoms with Crippen LogP contribution < -0.4 is 5.69 Å². The van der Waals surface area contributed by atoms with Gasteiger partial charge in [0.15, 0.2) is 4.47 Å². The summed E-state index contributed by atoms with van der Waals surface area (Å²) in [6, 6.07) is 0. The fourth-order valence-electron chi connectivity index (χ4n) is 1.21. The largest absolute Gasteiger partial charge is 0.347 e. The van der Waals surface area contributed by atoms with E-state index in [0.29, 0.717) is 11.0 Å². The molecule has 78 valence electrons. The third kappa shape index (κ3) is 2.43. The van der Waals surface area contributed by atoms with E-state index in [-0.39, 0.29) is 5.69 Å². The summed E-state index contributed by atoms with van der Waals surface area (Å²) >= 11 is 7.05. The summed E-state index contributed by atoms with van der Waals surface area (Å²) in [5.41, 5.74) is 1.44. The molecule has 0 atom stereocenters. The molecule has 0 saturated carbocycles. The molecule has 0 aliphatic carbocycles. The molecule has 0 aromatic carbocycles. The maximum atomic E-state index is 11.4. The zero-order chi connectivity index (χ0) is 10.8. The van der Waals surface area contributed by atoms with Gasteiger partial charge >= 0.3 is 5.69 Å². The second-order valence-corrected chi connectivity index (χ2v) is 4.57. The molecule has 15 heavy (non-hydrogen) atoms. The van der Waals surface area contributed by atoms with Crippen LogP contribution in [0.1, 0.15) is 11.3 Å². The van der Waals surface area contributed by atoms with Gasteiger partial charge in [0.2, 0.25) is 0 Å². The van der Waals surface area contributed by atoms with Crippen LogP contribution in [0.25, 0.3) is 0 Å². The van der Waals surface area contributed by atoms with Crippen LogP contribution in [0.5, 0.6) is 0 Å². The maximum absolute atomic E-state index is 11.4. The van der Waals surface area contributed by atoms with Crippen molar-refractivity contribution in [2.45, 2.75) is 13.5 Å². The number of thiazole rings is 1. The highest BCUT2D eigenvalue weighted by Gasteiger charge is 2.02. The first kappa shape index (κ1) is 10.3. The van der Waals surface area contributed by atoms with E-state index >= 15 is 0 Å².